The van der Waals surface area contributed by atoms with Crippen LogP contribution < -0.4 is 4.74 Å². The molecule has 1 aliphatic heterocycles. The van der Waals surface area contributed by atoms with Crippen LogP contribution in [0, 0.1) is 0 Å². The van der Waals surface area contributed by atoms with Crippen LogP contribution in [0.15, 0.2) is 30.5 Å². The number of hydrogen-bond donors (Lipinski definition) is 0. The summed E-state index contributed by atoms with van der Waals surface area (Å²) >= 11 is 5.98. The van der Waals surface area contributed by atoms with E-state index in [1.54, 1.807) is 0 Å². The number of likely N-dealkylation sites (tertiary alicyclic amines) is 1. The molecule has 0 radical (unpaired) electrons. The van der Waals surface area contributed by atoms with Gasteiger partial charge in [0, 0.05) is 24.0 Å². The van der Waals surface area contributed by atoms with E-state index in [-0.39, 0.29) is 0 Å². The van der Waals surface area contributed by atoms with Crippen LogP contribution in [0.25, 0.3) is 10.8 Å². The maximum absolute atomic E-state index is 5.98. The Balaban J connectivity index is 1.69. The molecule has 1 aromatic carbocycles. The van der Waals surface area contributed by atoms with Crippen molar-refractivity contribution < 1.29 is 4.74 Å². The SMILES string of the molecule is ClCc1cnc(OCCN2CCCCC2)c2ccccc12. The van der Waals surface area contributed by atoms with Crippen LogP contribution in [0.4, 0.5) is 0 Å². The highest BCUT2D eigenvalue weighted by Crippen LogP contribution is 2.27. The van der Waals surface area contributed by atoms with Crippen LogP contribution in [0.1, 0.15) is 24.8 Å². The molecule has 3 rings (SSSR count). The molecule has 0 N–H and O–H groups in total. The molecule has 0 spiro atoms. The average molecular weight is 305 g/mol. The van der Waals surface area contributed by atoms with Gasteiger partial charge in [-0.3, -0.25) is 4.90 Å². The minimum Gasteiger partial charge on any atom is -0.476 e. The van der Waals surface area contributed by atoms with Crippen molar-refractivity contribution >= 4 is 22.4 Å². The number of halogens is 1. The third kappa shape index (κ3) is 3.47. The van der Waals surface area contributed by atoms with Gasteiger partial charge in [0.05, 0.1) is 0 Å². The van der Waals surface area contributed by atoms with Gasteiger partial charge in [-0.05, 0) is 42.9 Å². The molecular formula is C17H21ClN2O. The number of rotatable bonds is 5. The monoisotopic (exact) mass is 304 g/mol. The normalized spacial score (nSPS) is 16.2. The van der Waals surface area contributed by atoms with Gasteiger partial charge in [0.15, 0.2) is 0 Å². The van der Waals surface area contributed by atoms with Crippen LogP contribution in [0.5, 0.6) is 5.88 Å². The van der Waals surface area contributed by atoms with E-state index in [0.717, 1.165) is 28.8 Å². The molecule has 0 saturated carbocycles. The molecule has 3 nitrogen and oxygen atoms in total. The Morgan fingerprint density at radius 3 is 2.62 bits per heavy atom. The van der Waals surface area contributed by atoms with Crippen molar-refractivity contribution in [1.29, 1.82) is 0 Å². The zero-order valence-electron chi connectivity index (χ0n) is 12.2. The summed E-state index contributed by atoms with van der Waals surface area (Å²) in [6.45, 7) is 4.07. The fourth-order valence-corrected chi connectivity index (χ4v) is 3.11. The number of aromatic nitrogens is 1. The smallest absolute Gasteiger partial charge is 0.221 e. The van der Waals surface area contributed by atoms with E-state index < -0.39 is 0 Å². The second kappa shape index (κ2) is 7.10. The first-order valence-electron chi connectivity index (χ1n) is 7.66. The zero-order valence-corrected chi connectivity index (χ0v) is 13.0. The summed E-state index contributed by atoms with van der Waals surface area (Å²) < 4.78 is 5.93. The number of fused-ring (bicyclic) bond motifs is 1. The van der Waals surface area contributed by atoms with Crippen molar-refractivity contribution in [2.75, 3.05) is 26.2 Å². The number of nitrogens with zero attached hydrogens (tertiary/aromatic N) is 2. The maximum atomic E-state index is 5.98. The maximum Gasteiger partial charge on any atom is 0.221 e. The molecule has 0 aliphatic carbocycles. The van der Waals surface area contributed by atoms with Gasteiger partial charge in [0.2, 0.25) is 5.88 Å². The van der Waals surface area contributed by atoms with E-state index in [2.05, 4.69) is 22.0 Å². The lowest BCUT2D eigenvalue weighted by atomic mass is 10.1. The number of alkyl halides is 1. The zero-order chi connectivity index (χ0) is 14.5. The fraction of sp³-hybridized carbons (Fsp3) is 0.471. The van der Waals surface area contributed by atoms with Crippen LogP contribution in [0.3, 0.4) is 0 Å². The lowest BCUT2D eigenvalue weighted by Crippen LogP contribution is -2.33. The Bertz CT molecular complexity index is 596. The van der Waals surface area contributed by atoms with E-state index in [0.29, 0.717) is 12.5 Å². The van der Waals surface area contributed by atoms with Crippen LogP contribution >= 0.6 is 11.6 Å². The van der Waals surface area contributed by atoms with Crippen LogP contribution in [-0.2, 0) is 5.88 Å². The quantitative estimate of drug-likeness (QED) is 0.785. The number of hydrogen-bond acceptors (Lipinski definition) is 3. The molecule has 0 unspecified atom stereocenters. The van der Waals surface area contributed by atoms with Gasteiger partial charge < -0.3 is 4.74 Å². The second-order valence-electron chi connectivity index (χ2n) is 5.52. The Morgan fingerprint density at radius 2 is 1.86 bits per heavy atom. The molecule has 112 valence electrons. The molecule has 0 atom stereocenters. The van der Waals surface area contributed by atoms with Crippen LogP contribution in [-0.4, -0.2) is 36.1 Å². The highest BCUT2D eigenvalue weighted by atomic mass is 35.5. The molecule has 0 amide bonds. The standard InChI is InChI=1S/C17H21ClN2O/c18-12-14-13-19-17(16-7-3-2-6-15(14)16)21-11-10-20-8-4-1-5-9-20/h2-3,6-7,13H,1,4-5,8-12H2. The molecule has 1 aromatic heterocycles. The van der Waals surface area contributed by atoms with Crippen molar-refractivity contribution in [2.45, 2.75) is 25.1 Å². The summed E-state index contributed by atoms with van der Waals surface area (Å²) in [5.41, 5.74) is 1.05. The number of piperidine rings is 1. The summed E-state index contributed by atoms with van der Waals surface area (Å²) in [5.74, 6) is 1.19. The van der Waals surface area contributed by atoms with E-state index in [1.165, 1.54) is 32.4 Å². The summed E-state index contributed by atoms with van der Waals surface area (Å²) in [7, 11) is 0. The number of ether oxygens (including phenoxy) is 1. The van der Waals surface area contributed by atoms with Crippen molar-refractivity contribution in [3.05, 3.63) is 36.0 Å². The molecule has 2 heterocycles. The highest BCUT2D eigenvalue weighted by molar-refractivity contribution is 6.18. The van der Waals surface area contributed by atoms with E-state index in [9.17, 15) is 0 Å². The average Bonchev–Trinajstić information content (AvgIpc) is 2.56. The molecule has 1 saturated heterocycles. The molecular weight excluding hydrogens is 284 g/mol. The van der Waals surface area contributed by atoms with Gasteiger partial charge in [0.25, 0.3) is 0 Å². The lowest BCUT2D eigenvalue weighted by Gasteiger charge is -2.26. The molecule has 1 fully saturated rings. The second-order valence-corrected chi connectivity index (χ2v) is 5.79. The summed E-state index contributed by atoms with van der Waals surface area (Å²) in [6.07, 6.45) is 5.81. The van der Waals surface area contributed by atoms with Crippen molar-refractivity contribution in [2.24, 2.45) is 0 Å². The van der Waals surface area contributed by atoms with Gasteiger partial charge in [-0.25, -0.2) is 4.98 Å². The van der Waals surface area contributed by atoms with Gasteiger partial charge in [0.1, 0.15) is 6.61 Å². The topological polar surface area (TPSA) is 25.4 Å². The molecule has 1 aliphatic rings. The third-order valence-electron chi connectivity index (χ3n) is 4.08. The minimum atomic E-state index is 0.474. The summed E-state index contributed by atoms with van der Waals surface area (Å²) in [5, 5.41) is 2.18. The third-order valence-corrected chi connectivity index (χ3v) is 4.37. The molecule has 2 aromatic rings. The van der Waals surface area contributed by atoms with Crippen LogP contribution in [0.2, 0.25) is 0 Å². The van der Waals surface area contributed by atoms with E-state index >= 15 is 0 Å². The predicted molar refractivity (Wildman–Crippen MR) is 87.1 cm³/mol. The van der Waals surface area contributed by atoms with Crippen molar-refractivity contribution in [3.8, 4) is 5.88 Å². The number of pyridine rings is 1. The fourth-order valence-electron chi connectivity index (χ4n) is 2.90. The molecule has 21 heavy (non-hydrogen) atoms. The molecule has 0 bridgehead atoms. The largest absolute Gasteiger partial charge is 0.476 e. The Labute approximate surface area is 130 Å². The summed E-state index contributed by atoms with van der Waals surface area (Å²) in [4.78, 5) is 6.91. The first-order chi connectivity index (χ1) is 10.4. The minimum absolute atomic E-state index is 0.474. The van der Waals surface area contributed by atoms with Gasteiger partial charge in [-0.15, -0.1) is 11.6 Å². The number of benzene rings is 1. The first-order valence-corrected chi connectivity index (χ1v) is 8.19. The summed E-state index contributed by atoms with van der Waals surface area (Å²) in [6, 6.07) is 8.16. The Morgan fingerprint density at radius 1 is 1.10 bits per heavy atom. The van der Waals surface area contributed by atoms with Gasteiger partial charge in [-0.2, -0.15) is 0 Å². The van der Waals surface area contributed by atoms with Crippen molar-refractivity contribution in [1.82, 2.24) is 9.88 Å². The first kappa shape index (κ1) is 14.6. The van der Waals surface area contributed by atoms with E-state index in [4.69, 9.17) is 16.3 Å². The Kier molecular flexibility index (Phi) is 4.94. The lowest BCUT2D eigenvalue weighted by molar-refractivity contribution is 0.181. The Hall–Kier alpha value is -1.32. The van der Waals surface area contributed by atoms with E-state index in [1.807, 2.05) is 18.3 Å². The van der Waals surface area contributed by atoms with Crippen molar-refractivity contribution in [3.63, 3.8) is 0 Å². The predicted octanol–water partition coefficient (Wildman–Crippen LogP) is 3.84. The molecule has 4 heteroatoms. The highest BCUT2D eigenvalue weighted by Gasteiger charge is 2.11. The van der Waals surface area contributed by atoms with Gasteiger partial charge in [-0.1, -0.05) is 24.6 Å². The van der Waals surface area contributed by atoms with Gasteiger partial charge >= 0.3 is 0 Å².